The average molecular weight is 256 g/mol. The Morgan fingerprint density at radius 1 is 1.43 bits per heavy atom. The van der Waals surface area contributed by atoms with Crippen LogP contribution in [0.2, 0.25) is 0 Å². The second kappa shape index (κ2) is 4.32. The molecule has 0 aromatic heterocycles. The van der Waals surface area contributed by atoms with Crippen molar-refractivity contribution in [2.45, 2.75) is 32.0 Å². The molecule has 76 valence electrons. The summed E-state index contributed by atoms with van der Waals surface area (Å²) in [4.78, 5) is 0. The monoisotopic (exact) mass is 255 g/mol. The maximum atomic E-state index is 5.77. The van der Waals surface area contributed by atoms with Crippen LogP contribution >= 0.6 is 15.9 Å². The van der Waals surface area contributed by atoms with E-state index in [4.69, 9.17) is 10.5 Å². The number of benzene rings is 1. The Morgan fingerprint density at radius 3 is 2.79 bits per heavy atom. The average Bonchev–Trinajstić information content (AvgIpc) is 2.08. The molecule has 1 saturated carbocycles. The van der Waals surface area contributed by atoms with E-state index >= 15 is 0 Å². The molecule has 2 nitrogen and oxygen atoms in total. The van der Waals surface area contributed by atoms with E-state index in [-0.39, 0.29) is 0 Å². The SMILES string of the molecule is Nc1cc(COC2CCC2)ccc1Br. The Labute approximate surface area is 92.6 Å². The summed E-state index contributed by atoms with van der Waals surface area (Å²) in [5.74, 6) is 0. The highest BCUT2D eigenvalue weighted by molar-refractivity contribution is 9.10. The maximum absolute atomic E-state index is 5.77. The summed E-state index contributed by atoms with van der Waals surface area (Å²) < 4.78 is 6.64. The molecule has 1 aliphatic rings. The van der Waals surface area contributed by atoms with Crippen molar-refractivity contribution in [2.75, 3.05) is 5.73 Å². The van der Waals surface area contributed by atoms with Gasteiger partial charge >= 0.3 is 0 Å². The Morgan fingerprint density at radius 2 is 2.21 bits per heavy atom. The van der Waals surface area contributed by atoms with Crippen LogP contribution in [0.4, 0.5) is 5.69 Å². The van der Waals surface area contributed by atoms with E-state index < -0.39 is 0 Å². The van der Waals surface area contributed by atoms with Crippen molar-refractivity contribution in [1.82, 2.24) is 0 Å². The van der Waals surface area contributed by atoms with Crippen LogP contribution in [0.15, 0.2) is 22.7 Å². The Bertz CT molecular complexity index is 323. The molecule has 1 aromatic carbocycles. The summed E-state index contributed by atoms with van der Waals surface area (Å²) in [5.41, 5.74) is 7.70. The predicted molar refractivity (Wildman–Crippen MR) is 61.0 cm³/mol. The predicted octanol–water partition coefficient (Wildman–Crippen LogP) is 3.10. The molecule has 1 aliphatic carbocycles. The lowest BCUT2D eigenvalue weighted by Crippen LogP contribution is -2.21. The van der Waals surface area contributed by atoms with Gasteiger partial charge in [0.25, 0.3) is 0 Å². The first kappa shape index (κ1) is 9.99. The van der Waals surface area contributed by atoms with E-state index in [9.17, 15) is 0 Å². The summed E-state index contributed by atoms with van der Waals surface area (Å²) in [7, 11) is 0. The number of rotatable bonds is 3. The molecule has 0 amide bonds. The fourth-order valence-electron chi connectivity index (χ4n) is 1.43. The van der Waals surface area contributed by atoms with Crippen LogP contribution in [0.1, 0.15) is 24.8 Å². The van der Waals surface area contributed by atoms with Crippen molar-refractivity contribution in [2.24, 2.45) is 0 Å². The molecule has 0 spiro atoms. The number of halogens is 1. The van der Waals surface area contributed by atoms with Crippen LogP contribution in [0.25, 0.3) is 0 Å². The minimum absolute atomic E-state index is 0.486. The van der Waals surface area contributed by atoms with Crippen molar-refractivity contribution < 1.29 is 4.74 Å². The minimum atomic E-state index is 0.486. The maximum Gasteiger partial charge on any atom is 0.0721 e. The Balaban J connectivity index is 1.91. The van der Waals surface area contributed by atoms with Gasteiger partial charge in [-0.05, 0) is 52.9 Å². The molecule has 0 saturated heterocycles. The largest absolute Gasteiger partial charge is 0.398 e. The number of hydrogen-bond acceptors (Lipinski definition) is 2. The van der Waals surface area contributed by atoms with E-state index in [0.717, 1.165) is 15.7 Å². The highest BCUT2D eigenvalue weighted by Crippen LogP contribution is 2.25. The number of hydrogen-bond donors (Lipinski definition) is 1. The van der Waals surface area contributed by atoms with E-state index in [0.29, 0.717) is 12.7 Å². The summed E-state index contributed by atoms with van der Waals surface area (Å²) in [5, 5.41) is 0. The van der Waals surface area contributed by atoms with Gasteiger partial charge in [0, 0.05) is 10.2 Å². The number of nitrogen functional groups attached to an aromatic ring is 1. The molecule has 2 N–H and O–H groups in total. The van der Waals surface area contributed by atoms with Gasteiger partial charge in [0.2, 0.25) is 0 Å². The van der Waals surface area contributed by atoms with Gasteiger partial charge in [-0.3, -0.25) is 0 Å². The van der Waals surface area contributed by atoms with Crippen molar-refractivity contribution in [1.29, 1.82) is 0 Å². The van der Waals surface area contributed by atoms with Crippen LogP contribution in [0.5, 0.6) is 0 Å². The number of ether oxygens (including phenoxy) is 1. The molecule has 0 aliphatic heterocycles. The highest BCUT2D eigenvalue weighted by Gasteiger charge is 2.17. The van der Waals surface area contributed by atoms with Crippen LogP contribution in [0.3, 0.4) is 0 Å². The summed E-state index contributed by atoms with van der Waals surface area (Å²) in [6.45, 7) is 0.683. The van der Waals surface area contributed by atoms with Crippen LogP contribution in [-0.4, -0.2) is 6.10 Å². The van der Waals surface area contributed by atoms with Gasteiger partial charge in [-0.1, -0.05) is 6.07 Å². The highest BCUT2D eigenvalue weighted by atomic mass is 79.9. The number of anilines is 1. The lowest BCUT2D eigenvalue weighted by molar-refractivity contribution is -0.00864. The van der Waals surface area contributed by atoms with Gasteiger partial charge in [-0.2, -0.15) is 0 Å². The fourth-order valence-corrected chi connectivity index (χ4v) is 1.68. The van der Waals surface area contributed by atoms with Crippen LogP contribution in [-0.2, 0) is 11.3 Å². The van der Waals surface area contributed by atoms with Gasteiger partial charge in [0.1, 0.15) is 0 Å². The van der Waals surface area contributed by atoms with Gasteiger partial charge in [0.15, 0.2) is 0 Å². The van der Waals surface area contributed by atoms with Gasteiger partial charge < -0.3 is 10.5 Å². The molecule has 3 heteroatoms. The first-order valence-corrected chi connectivity index (χ1v) is 5.70. The molecule has 1 fully saturated rings. The minimum Gasteiger partial charge on any atom is -0.398 e. The normalized spacial score (nSPS) is 16.6. The Hall–Kier alpha value is -0.540. The Kier molecular flexibility index (Phi) is 3.08. The molecular weight excluding hydrogens is 242 g/mol. The molecule has 0 bridgehead atoms. The summed E-state index contributed by atoms with van der Waals surface area (Å²) in [6, 6.07) is 5.97. The first-order valence-electron chi connectivity index (χ1n) is 4.91. The zero-order valence-electron chi connectivity index (χ0n) is 8.00. The zero-order chi connectivity index (χ0) is 9.97. The van der Waals surface area contributed by atoms with Crippen molar-refractivity contribution in [3.8, 4) is 0 Å². The second-order valence-electron chi connectivity index (χ2n) is 3.72. The van der Waals surface area contributed by atoms with Crippen LogP contribution in [0, 0.1) is 0 Å². The lowest BCUT2D eigenvalue weighted by Gasteiger charge is -2.25. The molecule has 0 heterocycles. The van der Waals surface area contributed by atoms with Crippen LogP contribution < -0.4 is 5.73 Å². The first-order chi connectivity index (χ1) is 6.75. The van der Waals surface area contributed by atoms with Crippen molar-refractivity contribution >= 4 is 21.6 Å². The molecule has 14 heavy (non-hydrogen) atoms. The summed E-state index contributed by atoms with van der Waals surface area (Å²) >= 11 is 3.37. The fraction of sp³-hybridized carbons (Fsp3) is 0.455. The molecule has 2 rings (SSSR count). The molecule has 0 atom stereocenters. The van der Waals surface area contributed by atoms with Gasteiger partial charge in [0.05, 0.1) is 12.7 Å². The third-order valence-electron chi connectivity index (χ3n) is 2.60. The third kappa shape index (κ3) is 2.28. The second-order valence-corrected chi connectivity index (χ2v) is 4.57. The molecular formula is C11H14BrNO. The van der Waals surface area contributed by atoms with E-state index in [1.165, 1.54) is 19.3 Å². The third-order valence-corrected chi connectivity index (χ3v) is 3.32. The van der Waals surface area contributed by atoms with E-state index in [2.05, 4.69) is 15.9 Å². The lowest BCUT2D eigenvalue weighted by atomic mass is 9.96. The van der Waals surface area contributed by atoms with Crippen molar-refractivity contribution in [3.05, 3.63) is 28.2 Å². The zero-order valence-corrected chi connectivity index (χ0v) is 9.59. The molecule has 0 unspecified atom stereocenters. The smallest absolute Gasteiger partial charge is 0.0721 e. The molecule has 1 aromatic rings. The quantitative estimate of drug-likeness (QED) is 0.843. The summed E-state index contributed by atoms with van der Waals surface area (Å²) in [6.07, 6.45) is 4.23. The standard InChI is InChI=1S/C11H14BrNO/c12-10-5-4-8(6-11(10)13)7-14-9-2-1-3-9/h4-6,9H,1-3,7,13H2. The topological polar surface area (TPSA) is 35.2 Å². The van der Waals surface area contributed by atoms with Gasteiger partial charge in [-0.15, -0.1) is 0 Å². The van der Waals surface area contributed by atoms with Gasteiger partial charge in [-0.25, -0.2) is 0 Å². The van der Waals surface area contributed by atoms with Crippen molar-refractivity contribution in [3.63, 3.8) is 0 Å². The molecule has 0 radical (unpaired) electrons. The number of nitrogens with two attached hydrogens (primary N) is 1. The van der Waals surface area contributed by atoms with E-state index in [1.54, 1.807) is 0 Å². The van der Waals surface area contributed by atoms with E-state index in [1.807, 2.05) is 18.2 Å².